The molecule has 0 aliphatic carbocycles. The van der Waals surface area contributed by atoms with Crippen LogP contribution >= 0.6 is 0 Å². The Labute approximate surface area is 120 Å². The van der Waals surface area contributed by atoms with Crippen molar-refractivity contribution in [2.45, 2.75) is 19.9 Å². The molecule has 1 amide bonds. The lowest BCUT2D eigenvalue weighted by atomic mass is 10.2. The molecule has 110 valence electrons. The lowest BCUT2D eigenvalue weighted by Gasteiger charge is -2.37. The molecule has 1 heterocycles. The summed E-state index contributed by atoms with van der Waals surface area (Å²) in [6, 6.07) is 7.62. The predicted molar refractivity (Wildman–Crippen MR) is 80.1 cm³/mol. The molecular formula is C15H23N3O2. The molecule has 20 heavy (non-hydrogen) atoms. The average Bonchev–Trinajstić information content (AvgIpc) is 2.47. The number of carbonyl (C=O) groups is 1. The van der Waals surface area contributed by atoms with Gasteiger partial charge in [-0.1, -0.05) is 12.1 Å². The summed E-state index contributed by atoms with van der Waals surface area (Å²) in [5.41, 5.74) is 6.75. The molecule has 0 aromatic heterocycles. The van der Waals surface area contributed by atoms with Gasteiger partial charge in [-0.15, -0.1) is 0 Å². The number of anilines is 1. The van der Waals surface area contributed by atoms with Crippen LogP contribution in [0.4, 0.5) is 5.69 Å². The first-order valence-electron chi connectivity index (χ1n) is 7.14. The number of piperazine rings is 1. The second-order valence-electron chi connectivity index (χ2n) is 5.00. The lowest BCUT2D eigenvalue weighted by Crippen LogP contribution is -2.52. The molecule has 1 saturated heterocycles. The van der Waals surface area contributed by atoms with Crippen LogP contribution in [0.3, 0.4) is 0 Å². The molecular weight excluding hydrogens is 254 g/mol. The Morgan fingerprint density at radius 1 is 1.30 bits per heavy atom. The van der Waals surface area contributed by atoms with Gasteiger partial charge in [0.15, 0.2) is 0 Å². The normalized spacial score (nSPS) is 16.9. The van der Waals surface area contributed by atoms with Crippen molar-refractivity contribution in [1.29, 1.82) is 0 Å². The Morgan fingerprint density at radius 3 is 2.55 bits per heavy atom. The highest BCUT2D eigenvalue weighted by molar-refractivity contribution is 5.81. The van der Waals surface area contributed by atoms with E-state index in [9.17, 15) is 4.79 Å². The van der Waals surface area contributed by atoms with Crippen LogP contribution in [0.2, 0.25) is 0 Å². The molecule has 0 bridgehead atoms. The molecule has 1 atom stereocenters. The maximum absolute atomic E-state index is 11.9. The minimum absolute atomic E-state index is 0.0303. The average molecular weight is 277 g/mol. The highest BCUT2D eigenvalue weighted by Gasteiger charge is 2.24. The highest BCUT2D eigenvalue weighted by atomic mass is 16.5. The fraction of sp³-hybridized carbons (Fsp3) is 0.533. The molecule has 0 radical (unpaired) electrons. The summed E-state index contributed by atoms with van der Waals surface area (Å²) in [5.74, 6) is 0.935. The zero-order chi connectivity index (χ0) is 14.5. The molecule has 1 aromatic rings. The minimum atomic E-state index is -0.419. The standard InChI is InChI=1S/C15H23N3O2/c1-3-20-14-7-5-4-6-13(14)17-8-10-18(11-9-17)15(19)12(2)16/h4-7,12H,3,8-11,16H2,1-2H3. The monoisotopic (exact) mass is 277 g/mol. The van der Waals surface area contributed by atoms with Gasteiger partial charge in [0.25, 0.3) is 0 Å². The largest absolute Gasteiger partial charge is 0.492 e. The van der Waals surface area contributed by atoms with Crippen molar-refractivity contribution < 1.29 is 9.53 Å². The van der Waals surface area contributed by atoms with Crippen molar-refractivity contribution in [2.24, 2.45) is 5.73 Å². The van der Waals surface area contributed by atoms with E-state index >= 15 is 0 Å². The Bertz CT molecular complexity index is 454. The van der Waals surface area contributed by atoms with Crippen molar-refractivity contribution in [1.82, 2.24) is 4.90 Å². The first kappa shape index (κ1) is 14.7. The van der Waals surface area contributed by atoms with E-state index in [-0.39, 0.29) is 5.91 Å². The molecule has 5 nitrogen and oxygen atoms in total. The molecule has 2 N–H and O–H groups in total. The summed E-state index contributed by atoms with van der Waals surface area (Å²) in [5, 5.41) is 0. The van der Waals surface area contributed by atoms with Gasteiger partial charge in [0.2, 0.25) is 5.91 Å². The second-order valence-corrected chi connectivity index (χ2v) is 5.00. The Morgan fingerprint density at radius 2 is 1.95 bits per heavy atom. The van der Waals surface area contributed by atoms with Crippen LogP contribution in [-0.4, -0.2) is 49.6 Å². The van der Waals surface area contributed by atoms with Gasteiger partial charge in [-0.2, -0.15) is 0 Å². The third-order valence-corrected chi connectivity index (χ3v) is 3.49. The summed E-state index contributed by atoms with van der Waals surface area (Å²) >= 11 is 0. The number of ether oxygens (including phenoxy) is 1. The van der Waals surface area contributed by atoms with Crippen molar-refractivity contribution >= 4 is 11.6 Å². The van der Waals surface area contributed by atoms with Gasteiger partial charge in [-0.3, -0.25) is 4.79 Å². The molecule has 2 rings (SSSR count). The van der Waals surface area contributed by atoms with E-state index in [0.29, 0.717) is 19.7 Å². The molecule has 1 unspecified atom stereocenters. The Kier molecular flexibility index (Phi) is 4.84. The highest BCUT2D eigenvalue weighted by Crippen LogP contribution is 2.28. The maximum Gasteiger partial charge on any atom is 0.239 e. The fourth-order valence-electron chi connectivity index (χ4n) is 2.45. The molecule has 0 saturated carbocycles. The number of rotatable bonds is 4. The zero-order valence-corrected chi connectivity index (χ0v) is 12.2. The van der Waals surface area contributed by atoms with Gasteiger partial charge in [0.05, 0.1) is 18.3 Å². The molecule has 5 heteroatoms. The van der Waals surface area contributed by atoms with Crippen molar-refractivity contribution in [3.05, 3.63) is 24.3 Å². The summed E-state index contributed by atoms with van der Waals surface area (Å²) in [7, 11) is 0. The van der Waals surface area contributed by atoms with E-state index in [1.807, 2.05) is 30.0 Å². The van der Waals surface area contributed by atoms with Gasteiger partial charge in [0.1, 0.15) is 5.75 Å². The third kappa shape index (κ3) is 3.22. The van der Waals surface area contributed by atoms with Crippen molar-refractivity contribution in [3.63, 3.8) is 0 Å². The van der Waals surface area contributed by atoms with E-state index in [0.717, 1.165) is 24.5 Å². The van der Waals surface area contributed by atoms with Crippen LogP contribution in [-0.2, 0) is 4.79 Å². The van der Waals surface area contributed by atoms with E-state index in [1.165, 1.54) is 0 Å². The number of benzene rings is 1. The van der Waals surface area contributed by atoms with Crippen LogP contribution in [0.1, 0.15) is 13.8 Å². The van der Waals surface area contributed by atoms with Gasteiger partial charge in [-0.25, -0.2) is 0 Å². The summed E-state index contributed by atoms with van der Waals surface area (Å²) in [6.07, 6.45) is 0. The maximum atomic E-state index is 11.9. The summed E-state index contributed by atoms with van der Waals surface area (Å²) in [6.45, 7) is 7.40. The Balaban J connectivity index is 2.02. The number of hydrogen-bond acceptors (Lipinski definition) is 4. The van der Waals surface area contributed by atoms with Crippen LogP contribution < -0.4 is 15.4 Å². The van der Waals surface area contributed by atoms with Crippen LogP contribution in [0.5, 0.6) is 5.75 Å². The van der Waals surface area contributed by atoms with E-state index in [2.05, 4.69) is 11.0 Å². The summed E-state index contributed by atoms with van der Waals surface area (Å²) in [4.78, 5) is 16.0. The first-order valence-corrected chi connectivity index (χ1v) is 7.14. The number of hydrogen-bond donors (Lipinski definition) is 1. The lowest BCUT2D eigenvalue weighted by molar-refractivity contribution is -0.132. The van der Waals surface area contributed by atoms with E-state index in [1.54, 1.807) is 6.92 Å². The van der Waals surface area contributed by atoms with E-state index < -0.39 is 6.04 Å². The van der Waals surface area contributed by atoms with Crippen LogP contribution in [0.25, 0.3) is 0 Å². The van der Waals surface area contributed by atoms with Crippen LogP contribution in [0, 0.1) is 0 Å². The topological polar surface area (TPSA) is 58.8 Å². The molecule has 1 aliphatic heterocycles. The quantitative estimate of drug-likeness (QED) is 0.895. The molecule has 1 fully saturated rings. The minimum Gasteiger partial charge on any atom is -0.492 e. The SMILES string of the molecule is CCOc1ccccc1N1CCN(C(=O)C(C)N)CC1. The van der Waals surface area contributed by atoms with Gasteiger partial charge in [-0.05, 0) is 26.0 Å². The number of nitrogens with zero attached hydrogens (tertiary/aromatic N) is 2. The summed E-state index contributed by atoms with van der Waals surface area (Å²) < 4.78 is 5.66. The van der Waals surface area contributed by atoms with Crippen LogP contribution in [0.15, 0.2) is 24.3 Å². The second kappa shape index (κ2) is 6.61. The number of carbonyl (C=O) groups excluding carboxylic acids is 1. The fourth-order valence-corrected chi connectivity index (χ4v) is 2.45. The molecule has 0 spiro atoms. The zero-order valence-electron chi connectivity index (χ0n) is 12.2. The van der Waals surface area contributed by atoms with Gasteiger partial charge >= 0.3 is 0 Å². The van der Waals surface area contributed by atoms with E-state index in [4.69, 9.17) is 10.5 Å². The number of amides is 1. The number of nitrogens with two attached hydrogens (primary N) is 1. The molecule has 1 aromatic carbocycles. The van der Waals surface area contributed by atoms with Crippen molar-refractivity contribution in [2.75, 3.05) is 37.7 Å². The smallest absolute Gasteiger partial charge is 0.239 e. The predicted octanol–water partition coefficient (Wildman–Crippen LogP) is 1.08. The van der Waals surface area contributed by atoms with Crippen molar-refractivity contribution in [3.8, 4) is 5.75 Å². The van der Waals surface area contributed by atoms with Gasteiger partial charge in [0, 0.05) is 26.2 Å². The van der Waals surface area contributed by atoms with Gasteiger partial charge < -0.3 is 20.3 Å². The molecule has 1 aliphatic rings. The third-order valence-electron chi connectivity index (χ3n) is 3.49. The number of para-hydroxylation sites is 2. The first-order chi connectivity index (χ1) is 9.63. The Hall–Kier alpha value is -1.75.